The number of ether oxygens (including phenoxy) is 2. The maximum absolute atomic E-state index is 5.74. The third-order valence-electron chi connectivity index (χ3n) is 2.50. The van der Waals surface area contributed by atoms with Crippen molar-refractivity contribution in [2.45, 2.75) is 46.8 Å². The molecule has 0 saturated carbocycles. The molecule has 1 rings (SSSR count). The molecule has 0 spiro atoms. The maximum atomic E-state index is 5.74. The first kappa shape index (κ1) is 14.9. The second kappa shape index (κ2) is 6.16. The summed E-state index contributed by atoms with van der Waals surface area (Å²) in [6.45, 7) is 11.5. The van der Waals surface area contributed by atoms with Crippen molar-refractivity contribution in [2.24, 2.45) is 5.73 Å². The number of nitrogens with two attached hydrogens (primary N) is 1. The molecule has 0 radical (unpaired) electrons. The topological polar surface area (TPSA) is 57.4 Å². The molecule has 0 aromatic carbocycles. The predicted octanol–water partition coefficient (Wildman–Crippen LogP) is 2.35. The van der Waals surface area contributed by atoms with Crippen LogP contribution in [0.2, 0.25) is 0 Å². The van der Waals surface area contributed by atoms with Gasteiger partial charge >= 0.3 is 0 Å². The van der Waals surface area contributed by atoms with E-state index in [0.29, 0.717) is 19.8 Å². The van der Waals surface area contributed by atoms with E-state index in [2.05, 4.69) is 4.98 Å². The number of hydrogen-bond acceptors (Lipinski definition) is 4. The molecule has 0 aliphatic carbocycles. The molecular formula is C14H24N2O2. The highest BCUT2D eigenvalue weighted by Crippen LogP contribution is 2.21. The van der Waals surface area contributed by atoms with Gasteiger partial charge in [0.25, 0.3) is 0 Å². The van der Waals surface area contributed by atoms with Crippen molar-refractivity contribution < 1.29 is 9.47 Å². The van der Waals surface area contributed by atoms with Crippen LogP contribution in [0.4, 0.5) is 0 Å². The molecule has 4 nitrogen and oxygen atoms in total. The van der Waals surface area contributed by atoms with Gasteiger partial charge in [0.1, 0.15) is 12.4 Å². The summed E-state index contributed by atoms with van der Waals surface area (Å²) in [7, 11) is 0. The minimum Gasteiger partial charge on any atom is -0.491 e. The zero-order valence-electron chi connectivity index (χ0n) is 12.0. The Kier molecular flexibility index (Phi) is 5.11. The number of nitrogens with zero attached hydrogens (tertiary/aromatic N) is 1. The van der Waals surface area contributed by atoms with Gasteiger partial charge in [-0.15, -0.1) is 0 Å². The molecule has 4 heteroatoms. The van der Waals surface area contributed by atoms with E-state index in [0.717, 1.165) is 22.7 Å². The molecule has 102 valence electrons. The Hall–Kier alpha value is -1.13. The molecule has 1 heterocycles. The third-order valence-corrected chi connectivity index (χ3v) is 2.50. The molecular weight excluding hydrogens is 228 g/mol. The highest BCUT2D eigenvalue weighted by Gasteiger charge is 2.11. The Balaban J connectivity index is 2.61. The largest absolute Gasteiger partial charge is 0.491 e. The van der Waals surface area contributed by atoms with Crippen molar-refractivity contribution in [3.05, 3.63) is 23.0 Å². The van der Waals surface area contributed by atoms with Crippen LogP contribution in [0.3, 0.4) is 0 Å². The highest BCUT2D eigenvalue weighted by atomic mass is 16.5. The second-order valence-corrected chi connectivity index (χ2v) is 5.34. The Morgan fingerprint density at radius 2 is 1.89 bits per heavy atom. The van der Waals surface area contributed by atoms with E-state index < -0.39 is 0 Å². The van der Waals surface area contributed by atoms with Crippen molar-refractivity contribution in [2.75, 3.05) is 13.2 Å². The molecule has 1 aromatic rings. The van der Waals surface area contributed by atoms with Crippen molar-refractivity contribution in [3.8, 4) is 5.75 Å². The molecule has 0 amide bonds. The minimum atomic E-state index is -0.135. The predicted molar refractivity (Wildman–Crippen MR) is 72.8 cm³/mol. The number of aromatic nitrogens is 1. The number of rotatable bonds is 5. The van der Waals surface area contributed by atoms with Crippen molar-refractivity contribution in [1.29, 1.82) is 0 Å². The second-order valence-electron chi connectivity index (χ2n) is 5.34. The lowest BCUT2D eigenvalue weighted by Crippen LogP contribution is -2.22. The number of aryl methyl sites for hydroxylation is 2. The molecule has 0 bridgehead atoms. The maximum Gasteiger partial charge on any atom is 0.127 e. The first-order chi connectivity index (χ1) is 8.33. The fourth-order valence-electron chi connectivity index (χ4n) is 1.70. The molecule has 18 heavy (non-hydrogen) atoms. The van der Waals surface area contributed by atoms with E-state index in [4.69, 9.17) is 15.2 Å². The lowest BCUT2D eigenvalue weighted by atomic mass is 10.1. The molecule has 0 atom stereocenters. The van der Waals surface area contributed by atoms with Crippen LogP contribution in [0.15, 0.2) is 6.07 Å². The van der Waals surface area contributed by atoms with Gasteiger partial charge in [0.2, 0.25) is 0 Å². The Morgan fingerprint density at radius 1 is 1.22 bits per heavy atom. The fraction of sp³-hybridized carbons (Fsp3) is 0.643. The zero-order chi connectivity index (χ0) is 13.8. The summed E-state index contributed by atoms with van der Waals surface area (Å²) in [6, 6.07) is 1.92. The molecule has 0 saturated heterocycles. The summed E-state index contributed by atoms with van der Waals surface area (Å²) in [6.07, 6.45) is 0. The SMILES string of the molecule is Cc1cc(OCCOC(C)(C)C)c(CN)c(C)n1. The van der Waals surface area contributed by atoms with Crippen LogP contribution in [-0.4, -0.2) is 23.8 Å². The number of pyridine rings is 1. The summed E-state index contributed by atoms with van der Waals surface area (Å²) in [5.41, 5.74) is 8.43. The van der Waals surface area contributed by atoms with Crippen LogP contribution in [0.1, 0.15) is 37.7 Å². The van der Waals surface area contributed by atoms with Crippen molar-refractivity contribution in [1.82, 2.24) is 4.98 Å². The van der Waals surface area contributed by atoms with Crippen LogP contribution in [-0.2, 0) is 11.3 Å². The van der Waals surface area contributed by atoms with Gasteiger partial charge in [-0.25, -0.2) is 0 Å². The first-order valence-corrected chi connectivity index (χ1v) is 6.27. The lowest BCUT2D eigenvalue weighted by molar-refractivity contribution is -0.0164. The molecule has 0 aliphatic heterocycles. The lowest BCUT2D eigenvalue weighted by Gasteiger charge is -2.20. The van der Waals surface area contributed by atoms with E-state index in [1.807, 2.05) is 40.7 Å². The quantitative estimate of drug-likeness (QED) is 0.817. The van der Waals surface area contributed by atoms with Gasteiger partial charge in [0, 0.05) is 29.6 Å². The summed E-state index contributed by atoms with van der Waals surface area (Å²) in [4.78, 5) is 4.38. The van der Waals surface area contributed by atoms with Crippen molar-refractivity contribution >= 4 is 0 Å². The molecule has 2 N–H and O–H groups in total. The normalized spacial score (nSPS) is 11.7. The average molecular weight is 252 g/mol. The van der Waals surface area contributed by atoms with Gasteiger partial charge in [-0.1, -0.05) is 0 Å². The van der Waals surface area contributed by atoms with Gasteiger partial charge in [-0.3, -0.25) is 4.98 Å². The smallest absolute Gasteiger partial charge is 0.127 e. The van der Waals surface area contributed by atoms with Crippen LogP contribution in [0.5, 0.6) is 5.75 Å². The Morgan fingerprint density at radius 3 is 2.44 bits per heavy atom. The Bertz CT molecular complexity index is 398. The summed E-state index contributed by atoms with van der Waals surface area (Å²) in [5.74, 6) is 0.819. The van der Waals surface area contributed by atoms with E-state index in [-0.39, 0.29) is 5.60 Å². The van der Waals surface area contributed by atoms with Gasteiger partial charge in [0.15, 0.2) is 0 Å². The molecule has 1 aromatic heterocycles. The van der Waals surface area contributed by atoms with Crippen LogP contribution >= 0.6 is 0 Å². The van der Waals surface area contributed by atoms with Gasteiger partial charge in [0.05, 0.1) is 12.2 Å². The van der Waals surface area contributed by atoms with Crippen LogP contribution in [0, 0.1) is 13.8 Å². The monoisotopic (exact) mass is 252 g/mol. The molecule has 0 unspecified atom stereocenters. The first-order valence-electron chi connectivity index (χ1n) is 6.27. The van der Waals surface area contributed by atoms with Gasteiger partial charge < -0.3 is 15.2 Å². The molecule has 0 aliphatic rings. The van der Waals surface area contributed by atoms with Crippen LogP contribution < -0.4 is 10.5 Å². The summed E-state index contributed by atoms with van der Waals surface area (Å²) < 4.78 is 11.4. The minimum absolute atomic E-state index is 0.135. The van der Waals surface area contributed by atoms with E-state index in [9.17, 15) is 0 Å². The van der Waals surface area contributed by atoms with Gasteiger partial charge in [-0.05, 0) is 34.6 Å². The van der Waals surface area contributed by atoms with Gasteiger partial charge in [-0.2, -0.15) is 0 Å². The third kappa shape index (κ3) is 4.63. The van der Waals surface area contributed by atoms with E-state index in [1.165, 1.54) is 0 Å². The Labute approximate surface area is 110 Å². The van der Waals surface area contributed by atoms with Crippen LogP contribution in [0.25, 0.3) is 0 Å². The summed E-state index contributed by atoms with van der Waals surface area (Å²) >= 11 is 0. The average Bonchev–Trinajstić information content (AvgIpc) is 2.22. The molecule has 0 fully saturated rings. The van der Waals surface area contributed by atoms with Crippen molar-refractivity contribution in [3.63, 3.8) is 0 Å². The summed E-state index contributed by atoms with van der Waals surface area (Å²) in [5, 5.41) is 0. The number of hydrogen-bond donors (Lipinski definition) is 1. The fourth-order valence-corrected chi connectivity index (χ4v) is 1.70. The zero-order valence-corrected chi connectivity index (χ0v) is 12.0. The van der Waals surface area contributed by atoms with E-state index >= 15 is 0 Å². The van der Waals surface area contributed by atoms with E-state index in [1.54, 1.807) is 0 Å². The highest BCUT2D eigenvalue weighted by molar-refractivity contribution is 5.37. The standard InChI is InChI=1S/C14H24N2O2/c1-10-8-13(12(9-15)11(2)16-10)17-6-7-18-14(3,4)5/h8H,6-7,9,15H2,1-5H3.